The number of amides is 1. The Labute approximate surface area is 172 Å². The number of carbonyl (C=O) groups is 1. The molecule has 3 N–H and O–H groups in total. The van der Waals surface area contributed by atoms with Gasteiger partial charge in [-0.15, -0.1) is 36.2 Å². The van der Waals surface area contributed by atoms with E-state index in [1.807, 2.05) is 48.6 Å². The maximum absolute atomic E-state index is 12.3. The van der Waals surface area contributed by atoms with Gasteiger partial charge in [0.05, 0.1) is 5.92 Å². The Hall–Kier alpha value is -1.11. The SMILES string of the molecule is CC(C(=O)NCCN1CCc2sccc2C1)C(N)c1ccccc1.Cl.Cl. The fourth-order valence-electron chi connectivity index (χ4n) is 3.12. The van der Waals surface area contributed by atoms with E-state index in [4.69, 9.17) is 5.73 Å². The summed E-state index contributed by atoms with van der Waals surface area (Å²) in [6.45, 7) is 5.51. The smallest absolute Gasteiger partial charge is 0.224 e. The third kappa shape index (κ3) is 5.69. The van der Waals surface area contributed by atoms with Crippen molar-refractivity contribution in [1.82, 2.24) is 10.2 Å². The molecule has 0 saturated carbocycles. The fourth-order valence-corrected chi connectivity index (χ4v) is 4.01. The van der Waals surface area contributed by atoms with E-state index in [1.54, 1.807) is 0 Å². The summed E-state index contributed by atoms with van der Waals surface area (Å²) in [7, 11) is 0. The summed E-state index contributed by atoms with van der Waals surface area (Å²) in [5, 5.41) is 5.21. The fraction of sp³-hybridized carbons (Fsp3) is 0.421. The van der Waals surface area contributed by atoms with Crippen LogP contribution >= 0.6 is 36.2 Å². The van der Waals surface area contributed by atoms with Gasteiger partial charge >= 0.3 is 0 Å². The highest BCUT2D eigenvalue weighted by atomic mass is 35.5. The average Bonchev–Trinajstić information content (AvgIpc) is 3.09. The quantitative estimate of drug-likeness (QED) is 0.759. The highest BCUT2D eigenvalue weighted by molar-refractivity contribution is 7.10. The summed E-state index contributed by atoms with van der Waals surface area (Å²) >= 11 is 1.85. The lowest BCUT2D eigenvalue weighted by molar-refractivity contribution is -0.125. The molecule has 2 unspecified atom stereocenters. The highest BCUT2D eigenvalue weighted by Gasteiger charge is 2.22. The van der Waals surface area contributed by atoms with Crippen LogP contribution in [0.15, 0.2) is 41.8 Å². The second-order valence-corrected chi connectivity index (χ2v) is 7.41. The van der Waals surface area contributed by atoms with Crippen LogP contribution in [0, 0.1) is 5.92 Å². The summed E-state index contributed by atoms with van der Waals surface area (Å²) in [4.78, 5) is 16.3. The maximum atomic E-state index is 12.3. The lowest BCUT2D eigenvalue weighted by Crippen LogP contribution is -2.41. The number of hydrogen-bond acceptors (Lipinski definition) is 4. The molecule has 2 heterocycles. The first-order valence-corrected chi connectivity index (χ1v) is 9.39. The van der Waals surface area contributed by atoms with Gasteiger partial charge in [-0.25, -0.2) is 0 Å². The number of halogens is 2. The number of nitrogens with one attached hydrogen (secondary N) is 1. The molecule has 3 rings (SSSR count). The van der Waals surface area contributed by atoms with E-state index in [2.05, 4.69) is 21.7 Å². The van der Waals surface area contributed by atoms with Crippen LogP contribution in [0.5, 0.6) is 0 Å². The standard InChI is InChI=1S/C19H25N3OS.2ClH/c1-14(18(20)15-5-3-2-4-6-15)19(23)21-9-11-22-10-7-17-16(13-22)8-12-24-17;;/h2-6,8,12,14,18H,7,9-11,13,20H2,1H3,(H,21,23);2*1H. The molecule has 1 aliphatic heterocycles. The molecule has 144 valence electrons. The van der Waals surface area contributed by atoms with Crippen molar-refractivity contribution in [1.29, 1.82) is 0 Å². The number of hydrogen-bond donors (Lipinski definition) is 2. The zero-order valence-corrected chi connectivity index (χ0v) is 17.3. The first-order valence-electron chi connectivity index (χ1n) is 8.51. The number of fused-ring (bicyclic) bond motifs is 1. The van der Waals surface area contributed by atoms with Gasteiger partial charge in [0.1, 0.15) is 0 Å². The average molecular weight is 416 g/mol. The van der Waals surface area contributed by atoms with Crippen LogP contribution in [0.3, 0.4) is 0 Å². The number of benzene rings is 1. The van der Waals surface area contributed by atoms with Crippen LogP contribution in [-0.4, -0.2) is 30.4 Å². The van der Waals surface area contributed by atoms with Crippen LogP contribution < -0.4 is 11.1 Å². The second-order valence-electron chi connectivity index (χ2n) is 6.41. The summed E-state index contributed by atoms with van der Waals surface area (Å²) in [6, 6.07) is 11.8. The van der Waals surface area contributed by atoms with Crippen molar-refractivity contribution in [3.8, 4) is 0 Å². The summed E-state index contributed by atoms with van der Waals surface area (Å²) in [5.74, 6) is -0.211. The number of nitrogens with two attached hydrogens (primary N) is 1. The van der Waals surface area contributed by atoms with Gasteiger partial charge in [-0.05, 0) is 29.0 Å². The van der Waals surface area contributed by atoms with E-state index in [1.165, 1.54) is 10.4 Å². The zero-order valence-electron chi connectivity index (χ0n) is 14.9. The minimum Gasteiger partial charge on any atom is -0.355 e. The van der Waals surface area contributed by atoms with E-state index in [0.717, 1.165) is 31.6 Å². The summed E-state index contributed by atoms with van der Waals surface area (Å²) in [6.07, 6.45) is 1.12. The molecule has 1 aromatic heterocycles. The minimum absolute atomic E-state index is 0. The normalized spacial score (nSPS) is 15.8. The topological polar surface area (TPSA) is 58.4 Å². The molecule has 1 aromatic carbocycles. The number of carbonyl (C=O) groups excluding carboxylic acids is 1. The van der Waals surface area contributed by atoms with Crippen LogP contribution in [-0.2, 0) is 17.8 Å². The Balaban J connectivity index is 0.00000169. The van der Waals surface area contributed by atoms with Crippen molar-refractivity contribution in [2.45, 2.75) is 25.9 Å². The third-order valence-electron chi connectivity index (χ3n) is 4.75. The van der Waals surface area contributed by atoms with Crippen LogP contribution in [0.1, 0.15) is 29.0 Å². The molecule has 2 aromatic rings. The molecule has 0 radical (unpaired) electrons. The van der Waals surface area contributed by atoms with Crippen LogP contribution in [0.2, 0.25) is 0 Å². The Bertz CT molecular complexity index is 680. The third-order valence-corrected chi connectivity index (χ3v) is 5.77. The largest absolute Gasteiger partial charge is 0.355 e. The van der Waals surface area contributed by atoms with Gasteiger partial charge in [0.25, 0.3) is 0 Å². The first kappa shape index (κ1) is 22.9. The molecular weight excluding hydrogens is 389 g/mol. The summed E-state index contributed by atoms with van der Waals surface area (Å²) < 4.78 is 0. The minimum atomic E-state index is -0.269. The van der Waals surface area contributed by atoms with Crippen molar-refractivity contribution >= 4 is 42.1 Å². The van der Waals surface area contributed by atoms with Crippen molar-refractivity contribution < 1.29 is 4.79 Å². The van der Waals surface area contributed by atoms with Gasteiger partial charge in [0.2, 0.25) is 5.91 Å². The lowest BCUT2D eigenvalue weighted by Gasteiger charge is -2.27. The second kappa shape index (κ2) is 10.9. The van der Waals surface area contributed by atoms with Gasteiger partial charge in [-0.2, -0.15) is 0 Å². The van der Waals surface area contributed by atoms with Gasteiger partial charge < -0.3 is 11.1 Å². The number of rotatable bonds is 6. The Kier molecular flexibility index (Phi) is 9.61. The molecule has 1 aliphatic rings. The van der Waals surface area contributed by atoms with Gasteiger partial charge in [0, 0.05) is 37.1 Å². The molecule has 7 heteroatoms. The molecule has 26 heavy (non-hydrogen) atoms. The van der Waals surface area contributed by atoms with E-state index < -0.39 is 0 Å². The summed E-state index contributed by atoms with van der Waals surface area (Å²) in [5.41, 5.74) is 8.67. The monoisotopic (exact) mass is 415 g/mol. The molecule has 0 saturated heterocycles. The Morgan fingerprint density at radius 1 is 1.27 bits per heavy atom. The predicted molar refractivity (Wildman–Crippen MR) is 113 cm³/mol. The molecule has 4 nitrogen and oxygen atoms in total. The van der Waals surface area contributed by atoms with E-state index in [-0.39, 0.29) is 42.7 Å². The number of nitrogens with zero attached hydrogens (tertiary/aromatic N) is 1. The van der Waals surface area contributed by atoms with Gasteiger partial charge in [-0.3, -0.25) is 9.69 Å². The molecule has 0 aliphatic carbocycles. The van der Waals surface area contributed by atoms with Gasteiger partial charge in [-0.1, -0.05) is 37.3 Å². The molecule has 2 atom stereocenters. The lowest BCUT2D eigenvalue weighted by atomic mass is 9.95. The molecule has 0 fully saturated rings. The Morgan fingerprint density at radius 2 is 2.00 bits per heavy atom. The van der Waals surface area contributed by atoms with E-state index in [0.29, 0.717) is 6.54 Å². The molecule has 0 spiro atoms. The van der Waals surface area contributed by atoms with Crippen molar-refractivity contribution in [2.75, 3.05) is 19.6 Å². The molecular formula is C19H27Cl2N3OS. The van der Waals surface area contributed by atoms with E-state index in [9.17, 15) is 4.79 Å². The predicted octanol–water partition coefficient (Wildman–Crippen LogP) is 3.40. The van der Waals surface area contributed by atoms with Crippen LogP contribution in [0.25, 0.3) is 0 Å². The van der Waals surface area contributed by atoms with Crippen LogP contribution in [0.4, 0.5) is 0 Å². The van der Waals surface area contributed by atoms with Crippen molar-refractivity contribution in [2.24, 2.45) is 11.7 Å². The number of thiophene rings is 1. The highest BCUT2D eigenvalue weighted by Crippen LogP contribution is 2.23. The molecule has 0 bridgehead atoms. The van der Waals surface area contributed by atoms with Gasteiger partial charge in [0.15, 0.2) is 0 Å². The molecule has 1 amide bonds. The Morgan fingerprint density at radius 3 is 2.73 bits per heavy atom. The zero-order chi connectivity index (χ0) is 16.9. The van der Waals surface area contributed by atoms with Crippen molar-refractivity contribution in [3.63, 3.8) is 0 Å². The van der Waals surface area contributed by atoms with Crippen molar-refractivity contribution in [3.05, 3.63) is 57.8 Å². The van der Waals surface area contributed by atoms with E-state index >= 15 is 0 Å². The first-order chi connectivity index (χ1) is 11.6. The maximum Gasteiger partial charge on any atom is 0.224 e.